The summed E-state index contributed by atoms with van der Waals surface area (Å²) in [4.78, 5) is 25.1. The molecule has 0 spiro atoms. The summed E-state index contributed by atoms with van der Waals surface area (Å²) in [6.07, 6.45) is -4.12. The van der Waals surface area contributed by atoms with Crippen LogP contribution in [0.25, 0.3) is 0 Å². The van der Waals surface area contributed by atoms with Crippen LogP contribution in [-0.2, 0) is 9.59 Å². The fourth-order valence-corrected chi connectivity index (χ4v) is 4.05. The highest BCUT2D eigenvalue weighted by Crippen LogP contribution is 2.55. The average Bonchev–Trinajstić information content (AvgIpc) is 2.92. The van der Waals surface area contributed by atoms with E-state index < -0.39 is 23.5 Å². The third-order valence-electron chi connectivity index (χ3n) is 3.48. The lowest BCUT2D eigenvalue weighted by Crippen LogP contribution is -2.53. The number of carbonyl (C=O) groups excluding carboxylic acids is 2. The predicted octanol–water partition coefficient (Wildman–Crippen LogP) is 2.29. The molecule has 1 saturated heterocycles. The lowest BCUT2D eigenvalue weighted by molar-refractivity contribution is -0.139. The fraction of sp³-hybridized carbons (Fsp3) is 0.385. The van der Waals surface area contributed by atoms with Crippen molar-refractivity contribution in [1.29, 1.82) is 0 Å². The van der Waals surface area contributed by atoms with Crippen molar-refractivity contribution in [3.63, 3.8) is 0 Å². The molecular formula is C13H11F3N2O2S. The van der Waals surface area contributed by atoms with Gasteiger partial charge in [-0.15, -0.1) is 0 Å². The number of nitrogens with zero attached hydrogens (tertiary/aromatic N) is 1. The van der Waals surface area contributed by atoms with Crippen molar-refractivity contribution in [2.24, 2.45) is 0 Å². The molecule has 3 rings (SSSR count). The largest absolute Gasteiger partial charge is 0.405 e. The van der Waals surface area contributed by atoms with E-state index in [0.29, 0.717) is 5.69 Å². The Labute approximate surface area is 122 Å². The third kappa shape index (κ3) is 2.27. The zero-order valence-corrected chi connectivity index (χ0v) is 11.6. The Bertz CT molecular complexity index is 620. The van der Waals surface area contributed by atoms with Crippen LogP contribution < -0.4 is 10.2 Å². The number of para-hydroxylation sites is 1. The van der Waals surface area contributed by atoms with E-state index in [4.69, 9.17) is 0 Å². The Kier molecular flexibility index (Phi) is 3.16. The van der Waals surface area contributed by atoms with Crippen molar-refractivity contribution in [3.8, 4) is 0 Å². The molecule has 112 valence electrons. The molecule has 21 heavy (non-hydrogen) atoms. The molecular weight excluding hydrogens is 305 g/mol. The van der Waals surface area contributed by atoms with E-state index in [0.717, 1.165) is 16.7 Å². The first kappa shape index (κ1) is 14.2. The molecule has 2 amide bonds. The number of anilines is 1. The number of nitrogens with one attached hydrogen (secondary N) is 1. The van der Waals surface area contributed by atoms with Crippen LogP contribution in [0.5, 0.6) is 0 Å². The quantitative estimate of drug-likeness (QED) is 0.911. The van der Waals surface area contributed by atoms with Crippen molar-refractivity contribution < 1.29 is 22.8 Å². The van der Waals surface area contributed by atoms with E-state index in [-0.39, 0.29) is 18.7 Å². The van der Waals surface area contributed by atoms with E-state index in [1.807, 2.05) is 5.32 Å². The lowest BCUT2D eigenvalue weighted by atomic mass is 10.2. The van der Waals surface area contributed by atoms with E-state index >= 15 is 0 Å². The summed E-state index contributed by atoms with van der Waals surface area (Å²) in [6.45, 7) is -1.40. The molecule has 2 aliphatic rings. The van der Waals surface area contributed by atoms with Gasteiger partial charge in [0.05, 0.1) is 5.69 Å². The molecule has 0 saturated carbocycles. The SMILES string of the molecule is O=C1CC[C@]2(C(=O)NCC(F)(F)F)Sc3ccccc3N12. The molecule has 0 aliphatic carbocycles. The minimum atomic E-state index is -4.48. The van der Waals surface area contributed by atoms with Crippen molar-refractivity contribution in [2.45, 2.75) is 28.8 Å². The zero-order valence-electron chi connectivity index (χ0n) is 10.7. The molecule has 1 aromatic rings. The third-order valence-corrected chi connectivity index (χ3v) is 4.95. The molecule has 1 fully saturated rings. The molecule has 0 aromatic heterocycles. The van der Waals surface area contributed by atoms with Crippen LogP contribution in [0.3, 0.4) is 0 Å². The number of hydrogen-bond donors (Lipinski definition) is 1. The molecule has 4 nitrogen and oxygen atoms in total. The molecule has 1 atom stereocenters. The van der Waals surface area contributed by atoms with Crippen LogP contribution in [-0.4, -0.2) is 29.4 Å². The maximum absolute atomic E-state index is 12.3. The van der Waals surface area contributed by atoms with Crippen LogP contribution in [0, 0.1) is 0 Å². The van der Waals surface area contributed by atoms with E-state index in [1.165, 1.54) is 4.90 Å². The van der Waals surface area contributed by atoms with E-state index in [1.54, 1.807) is 24.3 Å². The fourth-order valence-electron chi connectivity index (χ4n) is 2.62. The molecule has 1 N–H and O–H groups in total. The molecule has 0 radical (unpaired) electrons. The van der Waals surface area contributed by atoms with Gasteiger partial charge in [0.15, 0.2) is 4.87 Å². The molecule has 2 heterocycles. The Hall–Kier alpha value is -1.70. The van der Waals surface area contributed by atoms with Crippen LogP contribution in [0.15, 0.2) is 29.2 Å². The van der Waals surface area contributed by atoms with Gasteiger partial charge in [0, 0.05) is 11.3 Å². The standard InChI is InChI=1S/C13H11F3N2O2S/c14-13(15,16)7-17-11(20)12-6-5-10(19)18(12)8-3-1-2-4-9(8)21-12/h1-4H,5-7H2,(H,17,20)/t12-/m1/s1. The highest BCUT2D eigenvalue weighted by Gasteiger charge is 2.57. The number of alkyl halides is 3. The van der Waals surface area contributed by atoms with Gasteiger partial charge in [0.25, 0.3) is 5.91 Å². The van der Waals surface area contributed by atoms with Crippen molar-refractivity contribution >= 4 is 29.3 Å². The Balaban J connectivity index is 1.90. The second-order valence-electron chi connectivity index (χ2n) is 4.88. The van der Waals surface area contributed by atoms with E-state index in [9.17, 15) is 22.8 Å². The van der Waals surface area contributed by atoms with Crippen molar-refractivity contribution in [2.75, 3.05) is 11.4 Å². The van der Waals surface area contributed by atoms with Gasteiger partial charge in [-0.1, -0.05) is 23.9 Å². The number of halogens is 3. The van der Waals surface area contributed by atoms with Crippen LogP contribution in [0.1, 0.15) is 12.8 Å². The first-order chi connectivity index (χ1) is 9.83. The van der Waals surface area contributed by atoms with Crippen LogP contribution in [0.4, 0.5) is 18.9 Å². The summed E-state index contributed by atoms with van der Waals surface area (Å²) < 4.78 is 36.8. The maximum atomic E-state index is 12.3. The minimum Gasteiger partial charge on any atom is -0.344 e. The smallest absolute Gasteiger partial charge is 0.344 e. The Morgan fingerprint density at radius 1 is 1.38 bits per heavy atom. The van der Waals surface area contributed by atoms with E-state index in [2.05, 4.69) is 0 Å². The first-order valence-electron chi connectivity index (χ1n) is 6.30. The minimum absolute atomic E-state index is 0.154. The van der Waals surface area contributed by atoms with Crippen molar-refractivity contribution in [3.05, 3.63) is 24.3 Å². The molecule has 1 aromatic carbocycles. The summed E-state index contributed by atoms with van der Waals surface area (Å²) >= 11 is 1.14. The maximum Gasteiger partial charge on any atom is 0.405 e. The summed E-state index contributed by atoms with van der Waals surface area (Å²) in [5.74, 6) is -1.01. The van der Waals surface area contributed by atoms with Gasteiger partial charge in [-0.05, 0) is 18.6 Å². The molecule has 8 heteroatoms. The van der Waals surface area contributed by atoms with Gasteiger partial charge >= 0.3 is 6.18 Å². The predicted molar refractivity (Wildman–Crippen MR) is 70.8 cm³/mol. The van der Waals surface area contributed by atoms with Gasteiger partial charge in [-0.2, -0.15) is 13.2 Å². The Morgan fingerprint density at radius 2 is 2.10 bits per heavy atom. The highest BCUT2D eigenvalue weighted by atomic mass is 32.2. The van der Waals surface area contributed by atoms with Crippen LogP contribution in [0.2, 0.25) is 0 Å². The number of carbonyl (C=O) groups is 2. The van der Waals surface area contributed by atoms with Gasteiger partial charge < -0.3 is 5.32 Å². The Morgan fingerprint density at radius 3 is 2.81 bits per heavy atom. The second kappa shape index (κ2) is 4.66. The molecule has 0 unspecified atom stereocenters. The summed E-state index contributed by atoms with van der Waals surface area (Å²) in [7, 11) is 0. The van der Waals surface area contributed by atoms with Gasteiger partial charge in [-0.25, -0.2) is 0 Å². The first-order valence-corrected chi connectivity index (χ1v) is 7.11. The summed E-state index contributed by atoms with van der Waals surface area (Å²) in [6, 6.07) is 6.95. The number of amides is 2. The molecule has 0 bridgehead atoms. The summed E-state index contributed by atoms with van der Waals surface area (Å²) in [5, 5.41) is 1.90. The number of fused-ring (bicyclic) bond motifs is 3. The van der Waals surface area contributed by atoms with Crippen molar-refractivity contribution in [1.82, 2.24) is 5.32 Å². The van der Waals surface area contributed by atoms with Gasteiger partial charge in [-0.3, -0.25) is 14.5 Å². The number of thioether (sulfide) groups is 1. The second-order valence-corrected chi connectivity index (χ2v) is 6.20. The zero-order chi connectivity index (χ0) is 15.3. The van der Waals surface area contributed by atoms with Gasteiger partial charge in [0.1, 0.15) is 6.54 Å². The van der Waals surface area contributed by atoms with Gasteiger partial charge in [0.2, 0.25) is 5.91 Å². The molecule has 2 aliphatic heterocycles. The van der Waals surface area contributed by atoms with Crippen LogP contribution >= 0.6 is 11.8 Å². The normalized spacial score (nSPS) is 24.0. The monoisotopic (exact) mass is 316 g/mol. The number of hydrogen-bond acceptors (Lipinski definition) is 3. The number of rotatable bonds is 2. The average molecular weight is 316 g/mol. The lowest BCUT2D eigenvalue weighted by Gasteiger charge is -2.29. The highest BCUT2D eigenvalue weighted by molar-refractivity contribution is 8.02. The summed E-state index contributed by atoms with van der Waals surface area (Å²) in [5.41, 5.74) is 0.590. The topological polar surface area (TPSA) is 49.4 Å². The number of benzene rings is 1.